The first-order chi connectivity index (χ1) is 16.7. The molecular weight excluding hydrogens is 428 g/mol. The normalized spacial score (nSPS) is 10.9. The fraction of sp³-hybridized carbons (Fsp3) is 0.111. The Morgan fingerprint density at radius 1 is 0.912 bits per heavy atom. The van der Waals surface area contributed by atoms with Crippen molar-refractivity contribution in [2.24, 2.45) is 0 Å². The Kier molecular flexibility index (Phi) is 5.99. The SMILES string of the molecule is COc1ccc(-c2cc(C(=O)NCCc3nc(-c4ccccc4)no3)c3ccccc3n2)cc1. The van der Waals surface area contributed by atoms with E-state index in [0.717, 1.165) is 33.5 Å². The second-order valence-electron chi connectivity index (χ2n) is 7.68. The molecule has 168 valence electrons. The number of methoxy groups -OCH3 is 1. The average Bonchev–Trinajstić information content (AvgIpc) is 3.37. The summed E-state index contributed by atoms with van der Waals surface area (Å²) < 4.78 is 10.6. The van der Waals surface area contributed by atoms with Crippen molar-refractivity contribution in [3.8, 4) is 28.4 Å². The highest BCUT2D eigenvalue weighted by molar-refractivity contribution is 6.07. The number of hydrogen-bond acceptors (Lipinski definition) is 6. The van der Waals surface area contributed by atoms with Gasteiger partial charge in [-0.3, -0.25) is 4.79 Å². The lowest BCUT2D eigenvalue weighted by Crippen LogP contribution is -2.26. The first kappa shape index (κ1) is 21.3. The van der Waals surface area contributed by atoms with Crippen LogP contribution >= 0.6 is 0 Å². The lowest BCUT2D eigenvalue weighted by molar-refractivity contribution is 0.0955. The van der Waals surface area contributed by atoms with Gasteiger partial charge in [0.05, 0.1) is 23.9 Å². The Bertz CT molecular complexity index is 1430. The maximum atomic E-state index is 13.1. The van der Waals surface area contributed by atoms with Crippen LogP contribution in [-0.4, -0.2) is 34.7 Å². The number of benzene rings is 3. The summed E-state index contributed by atoms with van der Waals surface area (Å²) in [7, 11) is 1.63. The van der Waals surface area contributed by atoms with Crippen LogP contribution in [0.15, 0.2) is 89.5 Å². The topological polar surface area (TPSA) is 90.1 Å². The van der Waals surface area contributed by atoms with E-state index in [-0.39, 0.29) is 5.91 Å². The van der Waals surface area contributed by atoms with E-state index in [9.17, 15) is 4.79 Å². The monoisotopic (exact) mass is 450 g/mol. The maximum Gasteiger partial charge on any atom is 0.252 e. The van der Waals surface area contributed by atoms with Crippen molar-refractivity contribution in [3.05, 3.63) is 96.4 Å². The number of para-hydroxylation sites is 1. The van der Waals surface area contributed by atoms with E-state index in [2.05, 4.69) is 15.5 Å². The Morgan fingerprint density at radius 3 is 2.47 bits per heavy atom. The lowest BCUT2D eigenvalue weighted by atomic mass is 10.0. The minimum Gasteiger partial charge on any atom is -0.497 e. The molecule has 0 aliphatic carbocycles. The minimum atomic E-state index is -0.184. The zero-order valence-corrected chi connectivity index (χ0v) is 18.6. The van der Waals surface area contributed by atoms with Crippen molar-refractivity contribution >= 4 is 16.8 Å². The lowest BCUT2D eigenvalue weighted by Gasteiger charge is -2.10. The molecule has 3 aromatic carbocycles. The van der Waals surface area contributed by atoms with Crippen molar-refractivity contribution in [1.82, 2.24) is 20.4 Å². The van der Waals surface area contributed by atoms with E-state index < -0.39 is 0 Å². The third-order valence-corrected chi connectivity index (χ3v) is 5.47. The molecule has 5 aromatic rings. The largest absolute Gasteiger partial charge is 0.497 e. The van der Waals surface area contributed by atoms with E-state index in [0.29, 0.717) is 30.2 Å². The van der Waals surface area contributed by atoms with Gasteiger partial charge >= 0.3 is 0 Å². The van der Waals surface area contributed by atoms with E-state index >= 15 is 0 Å². The quantitative estimate of drug-likeness (QED) is 0.378. The highest BCUT2D eigenvalue weighted by Gasteiger charge is 2.15. The second-order valence-corrected chi connectivity index (χ2v) is 7.68. The number of pyridine rings is 1. The molecular formula is C27H22N4O3. The van der Waals surface area contributed by atoms with Gasteiger partial charge in [-0.05, 0) is 36.4 Å². The van der Waals surface area contributed by atoms with Gasteiger partial charge in [0.25, 0.3) is 5.91 Å². The van der Waals surface area contributed by atoms with E-state index in [1.807, 2.05) is 84.9 Å². The van der Waals surface area contributed by atoms with Crippen LogP contribution < -0.4 is 10.1 Å². The number of aromatic nitrogens is 3. The van der Waals surface area contributed by atoms with E-state index in [1.165, 1.54) is 0 Å². The molecule has 1 amide bonds. The summed E-state index contributed by atoms with van der Waals surface area (Å²) in [6, 6.07) is 26.7. The van der Waals surface area contributed by atoms with Crippen LogP contribution in [0.25, 0.3) is 33.5 Å². The first-order valence-electron chi connectivity index (χ1n) is 10.9. The molecule has 0 spiro atoms. The minimum absolute atomic E-state index is 0.184. The maximum absolute atomic E-state index is 13.1. The number of nitrogens with zero attached hydrogens (tertiary/aromatic N) is 3. The number of nitrogens with one attached hydrogen (secondary N) is 1. The zero-order valence-electron chi connectivity index (χ0n) is 18.6. The first-order valence-corrected chi connectivity index (χ1v) is 10.9. The Balaban J connectivity index is 1.34. The number of amides is 1. The summed E-state index contributed by atoms with van der Waals surface area (Å²) in [4.78, 5) is 22.3. The van der Waals surface area contributed by atoms with Crippen LogP contribution in [0.2, 0.25) is 0 Å². The number of rotatable bonds is 7. The molecule has 0 radical (unpaired) electrons. The average molecular weight is 450 g/mol. The predicted molar refractivity (Wildman–Crippen MR) is 130 cm³/mol. The summed E-state index contributed by atoms with van der Waals surface area (Å²) in [5.74, 6) is 1.58. The molecule has 0 unspecified atom stereocenters. The van der Waals surface area contributed by atoms with Crippen LogP contribution in [0.1, 0.15) is 16.2 Å². The Morgan fingerprint density at radius 2 is 1.68 bits per heavy atom. The van der Waals surface area contributed by atoms with Crippen LogP contribution in [-0.2, 0) is 6.42 Å². The summed E-state index contributed by atoms with van der Waals surface area (Å²) >= 11 is 0. The Labute approximate surface area is 196 Å². The molecule has 2 aromatic heterocycles. The van der Waals surface area contributed by atoms with Crippen molar-refractivity contribution in [1.29, 1.82) is 0 Å². The van der Waals surface area contributed by atoms with Crippen molar-refractivity contribution in [3.63, 3.8) is 0 Å². The molecule has 34 heavy (non-hydrogen) atoms. The van der Waals surface area contributed by atoms with Gasteiger partial charge in [0.15, 0.2) is 0 Å². The van der Waals surface area contributed by atoms with Crippen LogP contribution in [0, 0.1) is 0 Å². The smallest absolute Gasteiger partial charge is 0.252 e. The predicted octanol–water partition coefficient (Wildman–Crippen LogP) is 4.93. The van der Waals surface area contributed by atoms with E-state index in [4.69, 9.17) is 14.2 Å². The molecule has 0 atom stereocenters. The highest BCUT2D eigenvalue weighted by atomic mass is 16.5. The van der Waals surface area contributed by atoms with Crippen molar-refractivity contribution in [2.45, 2.75) is 6.42 Å². The molecule has 2 heterocycles. The molecule has 5 rings (SSSR count). The highest BCUT2D eigenvalue weighted by Crippen LogP contribution is 2.26. The molecule has 1 N–H and O–H groups in total. The number of carbonyl (C=O) groups excluding carboxylic acids is 1. The summed E-state index contributed by atoms with van der Waals surface area (Å²) in [6.07, 6.45) is 0.430. The molecule has 0 aliphatic rings. The van der Waals surface area contributed by atoms with Gasteiger partial charge in [-0.1, -0.05) is 53.7 Å². The number of carbonyl (C=O) groups is 1. The van der Waals surface area contributed by atoms with E-state index in [1.54, 1.807) is 7.11 Å². The van der Waals surface area contributed by atoms with Gasteiger partial charge in [0.2, 0.25) is 11.7 Å². The van der Waals surface area contributed by atoms with Crippen LogP contribution in [0.3, 0.4) is 0 Å². The van der Waals surface area contributed by atoms with Gasteiger partial charge in [-0.15, -0.1) is 0 Å². The van der Waals surface area contributed by atoms with Gasteiger partial charge < -0.3 is 14.6 Å². The molecule has 7 nitrogen and oxygen atoms in total. The third-order valence-electron chi connectivity index (χ3n) is 5.47. The zero-order chi connectivity index (χ0) is 23.3. The third kappa shape index (κ3) is 4.49. The fourth-order valence-corrected chi connectivity index (χ4v) is 3.71. The summed E-state index contributed by atoms with van der Waals surface area (Å²) in [5, 5.41) is 7.79. The van der Waals surface area contributed by atoms with Crippen LogP contribution in [0.4, 0.5) is 0 Å². The molecule has 7 heteroatoms. The fourth-order valence-electron chi connectivity index (χ4n) is 3.71. The standard InChI is InChI=1S/C27H22N4O3/c1-33-20-13-11-18(12-14-20)24-17-22(21-9-5-6-10-23(21)29-24)27(32)28-16-15-25-30-26(31-34-25)19-7-3-2-4-8-19/h2-14,17H,15-16H2,1H3,(H,28,32). The van der Waals surface area contributed by atoms with Crippen molar-refractivity contribution < 1.29 is 14.1 Å². The summed E-state index contributed by atoms with van der Waals surface area (Å²) in [5.41, 5.74) is 3.82. The summed E-state index contributed by atoms with van der Waals surface area (Å²) in [6.45, 7) is 0.365. The van der Waals surface area contributed by atoms with Gasteiger partial charge in [-0.25, -0.2) is 4.98 Å². The van der Waals surface area contributed by atoms with Gasteiger partial charge in [0, 0.05) is 29.5 Å². The molecule has 0 bridgehead atoms. The number of fused-ring (bicyclic) bond motifs is 1. The molecule has 0 aliphatic heterocycles. The van der Waals surface area contributed by atoms with Crippen molar-refractivity contribution in [2.75, 3.05) is 13.7 Å². The molecule has 0 fully saturated rings. The number of hydrogen-bond donors (Lipinski definition) is 1. The Hall–Kier alpha value is -4.52. The van der Waals surface area contributed by atoms with Gasteiger partial charge in [-0.2, -0.15) is 4.98 Å². The second kappa shape index (κ2) is 9.54. The van der Waals surface area contributed by atoms with Crippen LogP contribution in [0.5, 0.6) is 5.75 Å². The van der Waals surface area contributed by atoms with Gasteiger partial charge in [0.1, 0.15) is 5.75 Å². The number of ether oxygens (including phenoxy) is 1. The molecule has 0 saturated heterocycles. The molecule has 0 saturated carbocycles.